The van der Waals surface area contributed by atoms with E-state index in [1.165, 1.54) is 4.90 Å². The number of halogens is 1. The van der Waals surface area contributed by atoms with Crippen LogP contribution in [0, 0.1) is 12.3 Å². The van der Waals surface area contributed by atoms with Gasteiger partial charge in [0.05, 0.1) is 11.6 Å². The second kappa shape index (κ2) is 7.37. The van der Waals surface area contributed by atoms with Crippen LogP contribution in [0.2, 0.25) is 5.02 Å². The standard InChI is InChI=1S/C15H14ClNO3/c1-4-11-6-7-12(10-13(11)16)17(3)14(18)8-9-15(19)20-5-2/h1,6-10H,5H2,2-3H3/b9-8+. The lowest BCUT2D eigenvalue weighted by Crippen LogP contribution is -2.24. The van der Waals surface area contributed by atoms with E-state index < -0.39 is 5.97 Å². The minimum atomic E-state index is -0.560. The van der Waals surface area contributed by atoms with E-state index in [4.69, 9.17) is 18.0 Å². The fraction of sp³-hybridized carbons (Fsp3) is 0.200. The first-order valence-corrected chi connectivity index (χ1v) is 6.26. The molecule has 0 fully saturated rings. The first-order valence-electron chi connectivity index (χ1n) is 5.88. The Morgan fingerprint density at radius 1 is 1.45 bits per heavy atom. The molecule has 0 aliphatic heterocycles. The summed E-state index contributed by atoms with van der Waals surface area (Å²) in [5.74, 6) is 1.50. The highest BCUT2D eigenvalue weighted by Gasteiger charge is 2.10. The molecule has 0 saturated carbocycles. The molecule has 1 aromatic rings. The molecule has 1 aromatic carbocycles. The van der Waals surface area contributed by atoms with Crippen molar-refractivity contribution < 1.29 is 14.3 Å². The summed E-state index contributed by atoms with van der Waals surface area (Å²) < 4.78 is 4.69. The number of terminal acetylenes is 1. The molecule has 0 unspecified atom stereocenters. The van der Waals surface area contributed by atoms with Crippen molar-refractivity contribution >= 4 is 29.2 Å². The van der Waals surface area contributed by atoms with Gasteiger partial charge in [0.1, 0.15) is 0 Å². The third-order valence-corrected chi connectivity index (χ3v) is 2.79. The second-order valence-electron chi connectivity index (χ2n) is 3.79. The Morgan fingerprint density at radius 3 is 2.70 bits per heavy atom. The summed E-state index contributed by atoms with van der Waals surface area (Å²) in [5, 5.41) is 0.388. The molecule has 0 N–H and O–H groups in total. The zero-order valence-corrected chi connectivity index (χ0v) is 12.0. The van der Waals surface area contributed by atoms with E-state index in [-0.39, 0.29) is 12.5 Å². The number of hydrogen-bond acceptors (Lipinski definition) is 3. The molecule has 1 rings (SSSR count). The lowest BCUT2D eigenvalue weighted by Gasteiger charge is -2.15. The molecule has 0 heterocycles. The van der Waals surface area contributed by atoms with E-state index >= 15 is 0 Å². The Labute approximate surface area is 123 Å². The van der Waals surface area contributed by atoms with Gasteiger partial charge in [-0.25, -0.2) is 4.79 Å². The van der Waals surface area contributed by atoms with E-state index in [9.17, 15) is 9.59 Å². The van der Waals surface area contributed by atoms with Crippen molar-refractivity contribution in [3.63, 3.8) is 0 Å². The summed E-state index contributed by atoms with van der Waals surface area (Å²) in [5.41, 5.74) is 1.13. The van der Waals surface area contributed by atoms with Crippen LogP contribution in [0.5, 0.6) is 0 Å². The summed E-state index contributed by atoms with van der Waals surface area (Å²) in [6.07, 6.45) is 7.49. The van der Waals surface area contributed by atoms with E-state index in [2.05, 4.69) is 10.7 Å². The highest BCUT2D eigenvalue weighted by Crippen LogP contribution is 2.22. The average Bonchev–Trinajstić information content (AvgIpc) is 2.44. The number of hydrogen-bond donors (Lipinski definition) is 0. The zero-order valence-electron chi connectivity index (χ0n) is 11.2. The van der Waals surface area contributed by atoms with Crippen LogP contribution in [0.3, 0.4) is 0 Å². The van der Waals surface area contributed by atoms with Gasteiger partial charge in [0, 0.05) is 30.5 Å². The number of benzene rings is 1. The third kappa shape index (κ3) is 4.15. The van der Waals surface area contributed by atoms with Gasteiger partial charge in [0.25, 0.3) is 5.91 Å². The normalized spacial score (nSPS) is 10.1. The first kappa shape index (κ1) is 15.8. The van der Waals surface area contributed by atoms with Crippen LogP contribution < -0.4 is 4.90 Å². The number of amides is 1. The average molecular weight is 292 g/mol. The number of rotatable bonds is 4. The quantitative estimate of drug-likeness (QED) is 0.486. The van der Waals surface area contributed by atoms with Crippen LogP contribution in [0.15, 0.2) is 30.4 Å². The maximum absolute atomic E-state index is 11.9. The number of anilines is 1. The van der Waals surface area contributed by atoms with Crippen molar-refractivity contribution in [2.24, 2.45) is 0 Å². The van der Waals surface area contributed by atoms with Gasteiger partial charge >= 0.3 is 5.97 Å². The first-order chi connectivity index (χ1) is 9.49. The molecular weight excluding hydrogens is 278 g/mol. The minimum Gasteiger partial charge on any atom is -0.463 e. The maximum Gasteiger partial charge on any atom is 0.330 e. The van der Waals surface area contributed by atoms with E-state index in [0.717, 1.165) is 12.2 Å². The van der Waals surface area contributed by atoms with Gasteiger partial charge in [-0.2, -0.15) is 0 Å². The van der Waals surface area contributed by atoms with Gasteiger partial charge in [-0.05, 0) is 25.1 Å². The fourth-order valence-corrected chi connectivity index (χ4v) is 1.63. The van der Waals surface area contributed by atoms with Crippen LogP contribution in [0.4, 0.5) is 5.69 Å². The zero-order chi connectivity index (χ0) is 15.1. The number of ether oxygens (including phenoxy) is 1. The molecule has 0 bridgehead atoms. The molecule has 20 heavy (non-hydrogen) atoms. The minimum absolute atomic E-state index is 0.260. The summed E-state index contributed by atoms with van der Waals surface area (Å²) in [6, 6.07) is 4.92. The van der Waals surface area contributed by atoms with Gasteiger partial charge in [0.2, 0.25) is 0 Å². The Balaban J connectivity index is 2.82. The number of esters is 1. The Morgan fingerprint density at radius 2 is 2.15 bits per heavy atom. The van der Waals surface area contributed by atoms with Gasteiger partial charge in [-0.1, -0.05) is 17.5 Å². The summed E-state index contributed by atoms with van der Waals surface area (Å²) in [6.45, 7) is 1.95. The maximum atomic E-state index is 11.9. The predicted octanol–water partition coefficient (Wildman–Crippen LogP) is 2.40. The van der Waals surface area contributed by atoms with E-state index in [1.54, 1.807) is 32.2 Å². The number of carbonyl (C=O) groups excluding carboxylic acids is 2. The van der Waals surface area contributed by atoms with Crippen molar-refractivity contribution in [3.8, 4) is 12.3 Å². The lowest BCUT2D eigenvalue weighted by molar-refractivity contribution is -0.137. The molecule has 0 saturated heterocycles. The van der Waals surface area contributed by atoms with Crippen molar-refractivity contribution in [1.29, 1.82) is 0 Å². The van der Waals surface area contributed by atoms with Gasteiger partial charge in [-0.3, -0.25) is 4.79 Å². The highest BCUT2D eigenvalue weighted by atomic mass is 35.5. The summed E-state index contributed by atoms with van der Waals surface area (Å²) >= 11 is 5.97. The number of nitrogens with zero attached hydrogens (tertiary/aromatic N) is 1. The van der Waals surface area contributed by atoms with Crippen molar-refractivity contribution in [3.05, 3.63) is 40.9 Å². The van der Waals surface area contributed by atoms with E-state index in [0.29, 0.717) is 16.3 Å². The molecular formula is C15H14ClNO3. The number of likely N-dealkylation sites (N-methyl/N-ethyl adjacent to an activating group) is 1. The smallest absolute Gasteiger partial charge is 0.330 e. The van der Waals surface area contributed by atoms with Crippen LogP contribution in [-0.4, -0.2) is 25.5 Å². The Bertz CT molecular complexity index is 587. The van der Waals surface area contributed by atoms with Gasteiger partial charge in [-0.15, -0.1) is 6.42 Å². The molecule has 0 aliphatic rings. The van der Waals surface area contributed by atoms with Crippen LogP contribution >= 0.6 is 11.6 Å². The predicted molar refractivity (Wildman–Crippen MR) is 78.6 cm³/mol. The molecule has 0 radical (unpaired) electrons. The highest BCUT2D eigenvalue weighted by molar-refractivity contribution is 6.32. The Hall–Kier alpha value is -2.25. The largest absolute Gasteiger partial charge is 0.463 e. The number of carbonyl (C=O) groups is 2. The molecule has 0 aromatic heterocycles. The van der Waals surface area contributed by atoms with Gasteiger partial charge < -0.3 is 9.64 Å². The van der Waals surface area contributed by atoms with Crippen molar-refractivity contribution in [1.82, 2.24) is 0 Å². The summed E-state index contributed by atoms with van der Waals surface area (Å²) in [7, 11) is 1.57. The van der Waals surface area contributed by atoms with Crippen LogP contribution in [0.1, 0.15) is 12.5 Å². The molecule has 4 nitrogen and oxygen atoms in total. The molecule has 104 valence electrons. The Kier molecular flexibility index (Phi) is 5.82. The van der Waals surface area contributed by atoms with Gasteiger partial charge in [0.15, 0.2) is 0 Å². The van der Waals surface area contributed by atoms with E-state index in [1.807, 2.05) is 0 Å². The monoisotopic (exact) mass is 291 g/mol. The van der Waals surface area contributed by atoms with Crippen molar-refractivity contribution in [2.45, 2.75) is 6.92 Å². The molecule has 5 heteroatoms. The molecule has 0 aliphatic carbocycles. The van der Waals surface area contributed by atoms with Crippen molar-refractivity contribution in [2.75, 3.05) is 18.6 Å². The SMILES string of the molecule is C#Cc1ccc(N(C)C(=O)/C=C/C(=O)OCC)cc1Cl. The topological polar surface area (TPSA) is 46.6 Å². The van der Waals surface area contributed by atoms with Crippen LogP contribution in [0.25, 0.3) is 0 Å². The van der Waals surface area contributed by atoms with Crippen LogP contribution in [-0.2, 0) is 14.3 Å². The summed E-state index contributed by atoms with van der Waals surface area (Å²) in [4.78, 5) is 24.3. The molecule has 0 atom stereocenters. The third-order valence-electron chi connectivity index (χ3n) is 2.47. The molecule has 1 amide bonds. The lowest BCUT2D eigenvalue weighted by atomic mass is 10.2. The fourth-order valence-electron chi connectivity index (χ4n) is 1.40. The second-order valence-corrected chi connectivity index (χ2v) is 4.20. The molecule has 0 spiro atoms.